The Hall–Kier alpha value is -0.570. The third-order valence-electron chi connectivity index (χ3n) is 4.97. The van der Waals surface area contributed by atoms with Crippen molar-refractivity contribution < 1.29 is 4.79 Å². The van der Waals surface area contributed by atoms with Gasteiger partial charge in [0.1, 0.15) is 0 Å². The Morgan fingerprint density at radius 2 is 2.00 bits per heavy atom. The van der Waals surface area contributed by atoms with Gasteiger partial charge in [-0.05, 0) is 31.6 Å². The Kier molecular flexibility index (Phi) is 5.26. The van der Waals surface area contributed by atoms with Gasteiger partial charge in [-0.15, -0.1) is 0 Å². The normalized spacial score (nSPS) is 35.9. The second-order valence-electron chi connectivity index (χ2n) is 6.27. The number of carbonyl (C=O) groups is 1. The first-order chi connectivity index (χ1) is 9.21. The monoisotopic (exact) mass is 266 g/mol. The summed E-state index contributed by atoms with van der Waals surface area (Å²) >= 11 is 0. The van der Waals surface area contributed by atoms with Gasteiger partial charge in [-0.3, -0.25) is 10.1 Å². The van der Waals surface area contributed by atoms with Crippen LogP contribution in [0.15, 0.2) is 0 Å². The molecular formula is C16H30N2O. The zero-order valence-electron chi connectivity index (χ0n) is 12.8. The lowest BCUT2D eigenvalue weighted by atomic mass is 9.83. The summed E-state index contributed by atoms with van der Waals surface area (Å²) in [6, 6.07) is 0.572. The predicted molar refractivity (Wildman–Crippen MR) is 78.8 cm³/mol. The van der Waals surface area contributed by atoms with Crippen molar-refractivity contribution >= 4 is 5.91 Å². The largest absolute Gasteiger partial charge is 0.323 e. The molecule has 1 heterocycles. The van der Waals surface area contributed by atoms with Gasteiger partial charge in [0, 0.05) is 6.04 Å². The lowest BCUT2D eigenvalue weighted by molar-refractivity contribution is -0.133. The van der Waals surface area contributed by atoms with Crippen molar-refractivity contribution in [2.45, 2.75) is 90.4 Å². The van der Waals surface area contributed by atoms with Crippen molar-refractivity contribution in [1.82, 2.24) is 10.2 Å². The van der Waals surface area contributed by atoms with Gasteiger partial charge in [-0.25, -0.2) is 0 Å². The number of rotatable bonds is 5. The van der Waals surface area contributed by atoms with Gasteiger partial charge in [0.2, 0.25) is 5.91 Å². The fraction of sp³-hybridized carbons (Fsp3) is 0.938. The van der Waals surface area contributed by atoms with E-state index in [9.17, 15) is 4.79 Å². The topological polar surface area (TPSA) is 32.3 Å². The first-order valence-electron chi connectivity index (χ1n) is 8.29. The van der Waals surface area contributed by atoms with E-state index >= 15 is 0 Å². The predicted octanol–water partition coefficient (Wildman–Crippen LogP) is 3.29. The van der Waals surface area contributed by atoms with E-state index in [0.717, 1.165) is 25.2 Å². The number of hydrogen-bond acceptors (Lipinski definition) is 2. The fourth-order valence-electron chi connectivity index (χ4n) is 3.85. The Labute approximate surface area is 118 Å². The van der Waals surface area contributed by atoms with E-state index in [2.05, 4.69) is 31.0 Å². The lowest BCUT2D eigenvalue weighted by Crippen LogP contribution is -2.46. The smallest absolute Gasteiger partial charge is 0.241 e. The van der Waals surface area contributed by atoms with Gasteiger partial charge in [0.05, 0.1) is 12.2 Å². The van der Waals surface area contributed by atoms with Crippen molar-refractivity contribution in [2.75, 3.05) is 0 Å². The molecule has 0 aromatic rings. The summed E-state index contributed by atoms with van der Waals surface area (Å²) in [6.07, 6.45) is 9.72. The van der Waals surface area contributed by atoms with E-state index in [0.29, 0.717) is 11.9 Å². The molecule has 1 aliphatic heterocycles. The molecule has 1 amide bonds. The highest BCUT2D eigenvalue weighted by molar-refractivity contribution is 5.84. The standard InChI is InChI=1S/C16H30N2O/c1-4-8-14-16(19)18(15(6-3)17-14)13-10-7-9-12(5-2)11-13/h12-15,17H,4-11H2,1-3H3. The molecule has 0 spiro atoms. The van der Waals surface area contributed by atoms with Crippen LogP contribution in [-0.2, 0) is 4.79 Å². The van der Waals surface area contributed by atoms with E-state index in [1.54, 1.807) is 0 Å². The van der Waals surface area contributed by atoms with Gasteiger partial charge in [0.15, 0.2) is 0 Å². The molecule has 3 heteroatoms. The minimum atomic E-state index is 0.0805. The minimum Gasteiger partial charge on any atom is -0.323 e. The average Bonchev–Trinajstić information content (AvgIpc) is 2.76. The van der Waals surface area contributed by atoms with Crippen molar-refractivity contribution in [2.24, 2.45) is 5.92 Å². The maximum Gasteiger partial charge on any atom is 0.241 e. The molecule has 4 atom stereocenters. The maximum absolute atomic E-state index is 12.6. The highest BCUT2D eigenvalue weighted by Crippen LogP contribution is 2.33. The summed E-state index contributed by atoms with van der Waals surface area (Å²) in [5.41, 5.74) is 0. The SMILES string of the molecule is CCCC1NC(CC)N(C2CCCC(CC)C2)C1=O. The van der Waals surface area contributed by atoms with E-state index in [4.69, 9.17) is 0 Å². The van der Waals surface area contributed by atoms with Crippen molar-refractivity contribution in [1.29, 1.82) is 0 Å². The average molecular weight is 266 g/mol. The zero-order chi connectivity index (χ0) is 13.8. The van der Waals surface area contributed by atoms with E-state index in [-0.39, 0.29) is 12.2 Å². The molecule has 0 bridgehead atoms. The molecule has 2 fully saturated rings. The van der Waals surface area contributed by atoms with Crippen LogP contribution < -0.4 is 5.32 Å². The van der Waals surface area contributed by atoms with Crippen LogP contribution in [0.25, 0.3) is 0 Å². The van der Waals surface area contributed by atoms with Gasteiger partial charge in [0.25, 0.3) is 0 Å². The summed E-state index contributed by atoms with van der Waals surface area (Å²) in [4.78, 5) is 14.8. The second-order valence-corrected chi connectivity index (χ2v) is 6.27. The Bertz CT molecular complexity index is 305. The summed E-state index contributed by atoms with van der Waals surface area (Å²) in [5, 5.41) is 3.55. The number of carbonyl (C=O) groups excluding carboxylic acids is 1. The van der Waals surface area contributed by atoms with Crippen LogP contribution in [0.3, 0.4) is 0 Å². The van der Waals surface area contributed by atoms with Gasteiger partial charge < -0.3 is 4.90 Å². The lowest BCUT2D eigenvalue weighted by Gasteiger charge is -2.37. The quantitative estimate of drug-likeness (QED) is 0.828. The molecule has 0 aromatic heterocycles. The van der Waals surface area contributed by atoms with E-state index in [1.807, 2.05) is 0 Å². The number of nitrogens with zero attached hydrogens (tertiary/aromatic N) is 1. The summed E-state index contributed by atoms with van der Waals surface area (Å²) in [6.45, 7) is 6.63. The highest BCUT2D eigenvalue weighted by Gasteiger charge is 2.42. The molecular weight excluding hydrogens is 236 g/mol. The van der Waals surface area contributed by atoms with Crippen LogP contribution in [0.2, 0.25) is 0 Å². The molecule has 1 aliphatic carbocycles. The van der Waals surface area contributed by atoms with Crippen molar-refractivity contribution in [3.63, 3.8) is 0 Å². The molecule has 0 radical (unpaired) electrons. The highest BCUT2D eigenvalue weighted by atomic mass is 16.2. The molecule has 4 unspecified atom stereocenters. The fourth-order valence-corrected chi connectivity index (χ4v) is 3.85. The van der Waals surface area contributed by atoms with Crippen LogP contribution in [0, 0.1) is 5.92 Å². The van der Waals surface area contributed by atoms with Crippen LogP contribution in [0.4, 0.5) is 0 Å². The second kappa shape index (κ2) is 6.74. The summed E-state index contributed by atoms with van der Waals surface area (Å²) < 4.78 is 0. The third-order valence-corrected chi connectivity index (χ3v) is 4.97. The number of amides is 1. The summed E-state index contributed by atoms with van der Waals surface area (Å²) in [5.74, 6) is 1.20. The Balaban J connectivity index is 2.05. The number of hydrogen-bond donors (Lipinski definition) is 1. The zero-order valence-corrected chi connectivity index (χ0v) is 12.8. The maximum atomic E-state index is 12.6. The molecule has 2 aliphatic rings. The van der Waals surface area contributed by atoms with E-state index < -0.39 is 0 Å². The molecule has 1 N–H and O–H groups in total. The molecule has 19 heavy (non-hydrogen) atoms. The first kappa shape index (κ1) is 14.8. The molecule has 3 nitrogen and oxygen atoms in total. The third kappa shape index (κ3) is 3.13. The van der Waals surface area contributed by atoms with Crippen LogP contribution in [0.1, 0.15) is 72.1 Å². The minimum absolute atomic E-state index is 0.0805. The van der Waals surface area contributed by atoms with Gasteiger partial charge >= 0.3 is 0 Å². The van der Waals surface area contributed by atoms with Crippen LogP contribution >= 0.6 is 0 Å². The molecule has 1 saturated heterocycles. The van der Waals surface area contributed by atoms with Crippen LogP contribution in [0.5, 0.6) is 0 Å². The first-order valence-corrected chi connectivity index (χ1v) is 8.29. The molecule has 2 rings (SSSR count). The van der Waals surface area contributed by atoms with Crippen molar-refractivity contribution in [3.05, 3.63) is 0 Å². The van der Waals surface area contributed by atoms with Gasteiger partial charge in [-0.2, -0.15) is 0 Å². The Morgan fingerprint density at radius 3 is 2.63 bits per heavy atom. The molecule has 1 saturated carbocycles. The molecule has 0 aromatic carbocycles. The van der Waals surface area contributed by atoms with Crippen molar-refractivity contribution in [3.8, 4) is 0 Å². The van der Waals surface area contributed by atoms with E-state index in [1.165, 1.54) is 32.1 Å². The number of nitrogens with one attached hydrogen (secondary N) is 1. The summed E-state index contributed by atoms with van der Waals surface area (Å²) in [7, 11) is 0. The van der Waals surface area contributed by atoms with Gasteiger partial charge in [-0.1, -0.05) is 46.5 Å². The molecule has 110 valence electrons. The Morgan fingerprint density at radius 1 is 1.21 bits per heavy atom. The van der Waals surface area contributed by atoms with Crippen LogP contribution in [-0.4, -0.2) is 29.1 Å².